The van der Waals surface area contributed by atoms with Gasteiger partial charge in [-0.15, -0.1) is 11.3 Å². The van der Waals surface area contributed by atoms with E-state index in [4.69, 9.17) is 19.4 Å². The summed E-state index contributed by atoms with van der Waals surface area (Å²) in [6.45, 7) is 0. The first-order valence-corrected chi connectivity index (χ1v) is 17.0. The predicted molar refractivity (Wildman–Crippen MR) is 198 cm³/mol. The molecule has 5 heteroatoms. The van der Waals surface area contributed by atoms with Crippen LogP contribution in [0.4, 0.5) is 0 Å². The highest BCUT2D eigenvalue weighted by molar-refractivity contribution is 7.17. The van der Waals surface area contributed by atoms with E-state index in [1.165, 1.54) is 31.0 Å². The molecule has 48 heavy (non-hydrogen) atoms. The zero-order chi connectivity index (χ0) is 31.6. The smallest absolute Gasteiger partial charge is 0.164 e. The number of rotatable bonds is 4. The fraction of sp³-hybridized carbons (Fsp3) is 0.0465. The van der Waals surface area contributed by atoms with Crippen LogP contribution in [-0.4, -0.2) is 15.0 Å². The van der Waals surface area contributed by atoms with Crippen molar-refractivity contribution in [3.05, 3.63) is 149 Å². The number of hydrogen-bond donors (Lipinski definition) is 0. The van der Waals surface area contributed by atoms with Gasteiger partial charge in [-0.3, -0.25) is 0 Å². The molecule has 2 aliphatic rings. The van der Waals surface area contributed by atoms with Crippen LogP contribution in [0, 0.1) is 5.92 Å². The van der Waals surface area contributed by atoms with Crippen molar-refractivity contribution in [3.8, 4) is 45.3 Å². The average molecular weight is 634 g/mol. The summed E-state index contributed by atoms with van der Waals surface area (Å²) in [6.07, 6.45) is 12.4. The number of para-hydroxylation sites is 1. The maximum absolute atomic E-state index is 6.78. The lowest BCUT2D eigenvalue weighted by Gasteiger charge is -2.17. The standard InChI is InChI=1S/C43H27N3OS/c1-3-13-27(14-4-1)41-44-42(28-15-5-2-6-16-28)46-43(45-41)34-25-24-31(39-38(34)32-18-9-10-20-35(32)47-39)30-19-11-21-36-37(30)33-23-22-26-12-7-8-17-29(26)40(33)48-36/h1-21,23-26H,22H2. The summed E-state index contributed by atoms with van der Waals surface area (Å²) in [5.74, 6) is 2.33. The Kier molecular flexibility index (Phi) is 6.14. The van der Waals surface area contributed by atoms with Gasteiger partial charge in [0.2, 0.25) is 0 Å². The molecule has 10 rings (SSSR count). The van der Waals surface area contributed by atoms with Crippen molar-refractivity contribution >= 4 is 55.0 Å². The van der Waals surface area contributed by atoms with Gasteiger partial charge in [0.25, 0.3) is 0 Å². The van der Waals surface area contributed by atoms with Crippen LogP contribution in [0.3, 0.4) is 0 Å². The number of fused-ring (bicyclic) bond motifs is 7. The van der Waals surface area contributed by atoms with E-state index in [0.717, 1.165) is 50.6 Å². The zero-order valence-electron chi connectivity index (χ0n) is 25.8. The second kappa shape index (κ2) is 10.8. The van der Waals surface area contributed by atoms with Crippen molar-refractivity contribution in [2.24, 2.45) is 5.92 Å². The van der Waals surface area contributed by atoms with Gasteiger partial charge in [0, 0.05) is 53.6 Å². The van der Waals surface area contributed by atoms with Crippen molar-refractivity contribution in [1.82, 2.24) is 15.0 Å². The highest BCUT2D eigenvalue weighted by Gasteiger charge is 2.23. The molecule has 8 aromatic rings. The molecular formula is C43H27N3OS. The molecular weight excluding hydrogens is 607 g/mol. The highest BCUT2D eigenvalue weighted by Crippen LogP contribution is 2.43. The van der Waals surface area contributed by atoms with Crippen molar-refractivity contribution in [2.75, 3.05) is 0 Å². The lowest BCUT2D eigenvalue weighted by Crippen LogP contribution is -2.28. The molecule has 0 saturated heterocycles. The van der Waals surface area contributed by atoms with Crippen LogP contribution in [-0.2, 0) is 0 Å². The number of aromatic nitrogens is 3. The van der Waals surface area contributed by atoms with Gasteiger partial charge in [-0.05, 0) is 47.0 Å². The third-order valence-electron chi connectivity index (χ3n) is 9.48. The van der Waals surface area contributed by atoms with Gasteiger partial charge in [0.05, 0.1) is 0 Å². The van der Waals surface area contributed by atoms with Gasteiger partial charge in [-0.25, -0.2) is 15.0 Å². The summed E-state index contributed by atoms with van der Waals surface area (Å²) >= 11 is 1.89. The van der Waals surface area contributed by atoms with Crippen molar-refractivity contribution in [2.45, 2.75) is 6.42 Å². The third kappa shape index (κ3) is 4.25. The van der Waals surface area contributed by atoms with Gasteiger partial charge in [0.15, 0.2) is 17.5 Å². The normalized spacial score (nSPS) is 15.2. The van der Waals surface area contributed by atoms with Crippen LogP contribution >= 0.6 is 11.3 Å². The lowest BCUT2D eigenvalue weighted by molar-refractivity contribution is 0.670. The fourth-order valence-corrected chi connectivity index (χ4v) is 8.56. The summed E-state index contributed by atoms with van der Waals surface area (Å²) < 4.78 is 9.44. The van der Waals surface area contributed by atoms with E-state index in [-0.39, 0.29) is 0 Å². The maximum Gasteiger partial charge on any atom is 0.164 e. The predicted octanol–water partition coefficient (Wildman–Crippen LogP) is 9.73. The minimum atomic E-state index is 0.447. The number of benzene rings is 5. The molecule has 0 radical (unpaired) electrons. The molecule has 3 aromatic heterocycles. The first kappa shape index (κ1) is 27.2. The molecule has 0 saturated carbocycles. The van der Waals surface area contributed by atoms with Crippen molar-refractivity contribution < 1.29 is 4.42 Å². The monoisotopic (exact) mass is 633 g/mol. The molecule has 0 amide bonds. The molecule has 0 spiro atoms. The number of hydrogen-bond acceptors (Lipinski definition) is 5. The second-order valence-corrected chi connectivity index (χ2v) is 13.3. The first-order chi connectivity index (χ1) is 23.8. The van der Waals surface area contributed by atoms with E-state index in [1.807, 2.05) is 84.1 Å². The van der Waals surface area contributed by atoms with E-state index in [2.05, 4.69) is 72.8 Å². The molecule has 5 aromatic carbocycles. The minimum absolute atomic E-state index is 0.447. The van der Waals surface area contributed by atoms with Crippen LogP contribution in [0.25, 0.3) is 89.0 Å². The van der Waals surface area contributed by atoms with Crippen LogP contribution < -0.4 is 9.75 Å². The molecule has 1 unspecified atom stereocenters. The Hall–Kier alpha value is -5.91. The van der Waals surface area contributed by atoms with Gasteiger partial charge in [0.1, 0.15) is 11.2 Å². The maximum atomic E-state index is 6.78. The van der Waals surface area contributed by atoms with Gasteiger partial charge in [-0.1, -0.05) is 121 Å². The van der Waals surface area contributed by atoms with Crippen molar-refractivity contribution in [1.29, 1.82) is 0 Å². The van der Waals surface area contributed by atoms with Gasteiger partial charge >= 0.3 is 0 Å². The lowest BCUT2D eigenvalue weighted by atomic mass is 9.87. The van der Waals surface area contributed by atoms with Gasteiger partial charge < -0.3 is 4.42 Å². The SMILES string of the molecule is C1=CC2=c3sc4cccc(-c5ccc(-c6nc(-c7ccccc7)nc(-c7ccccc7)n6)c6c5oc5ccccc56)c4c3=CCC2C=C1. The molecule has 4 nitrogen and oxygen atoms in total. The summed E-state index contributed by atoms with van der Waals surface area (Å²) in [4.78, 5) is 15.1. The largest absolute Gasteiger partial charge is 0.455 e. The molecule has 0 bridgehead atoms. The Morgan fingerprint density at radius 2 is 1.31 bits per heavy atom. The molecule has 0 N–H and O–H groups in total. The van der Waals surface area contributed by atoms with E-state index in [9.17, 15) is 0 Å². The van der Waals surface area contributed by atoms with E-state index in [0.29, 0.717) is 23.4 Å². The fourth-order valence-electron chi connectivity index (χ4n) is 7.24. The number of allylic oxidation sites excluding steroid dienone is 4. The minimum Gasteiger partial charge on any atom is -0.455 e. The zero-order valence-corrected chi connectivity index (χ0v) is 26.6. The number of furan rings is 1. The topological polar surface area (TPSA) is 51.8 Å². The first-order valence-electron chi connectivity index (χ1n) is 16.2. The van der Waals surface area contributed by atoms with Crippen LogP contribution in [0.1, 0.15) is 6.42 Å². The summed E-state index contributed by atoms with van der Waals surface area (Å²) in [7, 11) is 0. The molecule has 3 heterocycles. The Morgan fingerprint density at radius 1 is 0.604 bits per heavy atom. The van der Waals surface area contributed by atoms with E-state index >= 15 is 0 Å². The Bertz CT molecular complexity index is 2700. The Balaban J connectivity index is 1.26. The van der Waals surface area contributed by atoms with Gasteiger partial charge in [-0.2, -0.15) is 0 Å². The second-order valence-electron chi connectivity index (χ2n) is 12.3. The highest BCUT2D eigenvalue weighted by atomic mass is 32.1. The number of thiophene rings is 1. The number of nitrogens with zero attached hydrogens (tertiary/aromatic N) is 3. The van der Waals surface area contributed by atoms with Crippen LogP contribution in [0.15, 0.2) is 144 Å². The third-order valence-corrected chi connectivity index (χ3v) is 10.7. The molecule has 2 aliphatic carbocycles. The van der Waals surface area contributed by atoms with Crippen molar-refractivity contribution in [3.63, 3.8) is 0 Å². The van der Waals surface area contributed by atoms with E-state index < -0.39 is 0 Å². The molecule has 1 atom stereocenters. The Morgan fingerprint density at radius 3 is 2.10 bits per heavy atom. The Labute approximate surface area is 280 Å². The molecule has 226 valence electrons. The van der Waals surface area contributed by atoms with Crippen LogP contribution in [0.2, 0.25) is 0 Å². The average Bonchev–Trinajstić information content (AvgIpc) is 3.75. The van der Waals surface area contributed by atoms with E-state index in [1.54, 1.807) is 0 Å². The van der Waals surface area contributed by atoms with Crippen LogP contribution in [0.5, 0.6) is 0 Å². The quantitative estimate of drug-likeness (QED) is 0.194. The summed E-state index contributed by atoms with van der Waals surface area (Å²) in [5.41, 5.74) is 8.14. The summed E-state index contributed by atoms with van der Waals surface area (Å²) in [5, 5.41) is 4.67. The summed E-state index contributed by atoms with van der Waals surface area (Å²) in [6, 6.07) is 39.5. The molecule has 0 aliphatic heterocycles. The molecule has 0 fully saturated rings.